The molecule has 1 aliphatic heterocycles. The molecule has 1 aliphatic carbocycles. The zero-order valence-corrected chi connectivity index (χ0v) is 19.6. The third kappa shape index (κ3) is 3.96. The van der Waals surface area contributed by atoms with Gasteiger partial charge in [-0.2, -0.15) is 10.2 Å². The number of carboxylic acid groups (broad SMARTS) is 1. The fourth-order valence-electron chi connectivity index (χ4n) is 5.19. The summed E-state index contributed by atoms with van der Waals surface area (Å²) in [7, 11) is 0. The number of hydrogen-bond acceptors (Lipinski definition) is 7. The molecule has 0 saturated heterocycles. The van der Waals surface area contributed by atoms with E-state index in [-0.39, 0.29) is 22.4 Å². The lowest BCUT2D eigenvalue weighted by molar-refractivity contribution is -0.135. The topological polar surface area (TPSA) is 131 Å². The highest BCUT2D eigenvalue weighted by Crippen LogP contribution is 2.44. The Bertz CT molecular complexity index is 1610. The van der Waals surface area contributed by atoms with Crippen molar-refractivity contribution in [2.45, 2.75) is 31.8 Å². The van der Waals surface area contributed by atoms with Gasteiger partial charge in [-0.1, -0.05) is 18.2 Å². The fourth-order valence-corrected chi connectivity index (χ4v) is 5.19. The van der Waals surface area contributed by atoms with Crippen LogP contribution in [-0.4, -0.2) is 37.5 Å². The quantitative estimate of drug-likeness (QED) is 0.438. The van der Waals surface area contributed by atoms with E-state index >= 15 is 0 Å². The van der Waals surface area contributed by atoms with Gasteiger partial charge < -0.3 is 13.9 Å². The maximum absolute atomic E-state index is 13.6. The average molecular weight is 498 g/mol. The molecular weight excluding hydrogens is 476 g/mol. The Balaban J connectivity index is 1.40. The first-order chi connectivity index (χ1) is 18.0. The molecule has 2 aliphatic rings. The number of amides is 1. The standard InChI is InChI=1S/C27H22N4O6/c32-22(15-30-26(33)19-9-2-1-8-18(19)24(28-30)27(34)35)31-25(21-11-5-13-37-21)20-10-3-6-16(23(20)29-31)14-17-7-4-12-36-17/h1-2,4-5,7-9,11-14,20,25H,3,6,10,15H2,(H,34,35). The van der Waals surface area contributed by atoms with Crippen LogP contribution in [0.4, 0.5) is 0 Å². The predicted octanol–water partition coefficient (Wildman–Crippen LogP) is 4.10. The van der Waals surface area contributed by atoms with Crippen molar-refractivity contribution in [3.63, 3.8) is 0 Å². The lowest BCUT2D eigenvalue weighted by atomic mass is 9.79. The smallest absolute Gasteiger partial charge is 0.357 e. The molecule has 0 bridgehead atoms. The number of rotatable bonds is 5. The summed E-state index contributed by atoms with van der Waals surface area (Å²) < 4.78 is 12.1. The number of fused-ring (bicyclic) bond motifs is 2. The summed E-state index contributed by atoms with van der Waals surface area (Å²) in [6, 6.07) is 13.1. The summed E-state index contributed by atoms with van der Waals surface area (Å²) in [6.07, 6.45) is 7.59. The molecule has 3 aromatic heterocycles. The second-order valence-corrected chi connectivity index (χ2v) is 9.03. The predicted molar refractivity (Wildman–Crippen MR) is 133 cm³/mol. The zero-order valence-electron chi connectivity index (χ0n) is 19.6. The molecule has 1 fully saturated rings. The molecule has 2 unspecified atom stereocenters. The zero-order chi connectivity index (χ0) is 25.5. The Morgan fingerprint density at radius 1 is 1.05 bits per heavy atom. The van der Waals surface area contributed by atoms with Crippen LogP contribution in [0, 0.1) is 5.92 Å². The van der Waals surface area contributed by atoms with E-state index in [1.165, 1.54) is 17.1 Å². The van der Waals surface area contributed by atoms with E-state index in [4.69, 9.17) is 13.9 Å². The first kappa shape index (κ1) is 22.7. The van der Waals surface area contributed by atoms with Gasteiger partial charge in [-0.15, -0.1) is 0 Å². The van der Waals surface area contributed by atoms with Crippen LogP contribution in [0.5, 0.6) is 0 Å². The second-order valence-electron chi connectivity index (χ2n) is 9.03. The number of nitrogens with zero attached hydrogens (tertiary/aromatic N) is 4. The summed E-state index contributed by atoms with van der Waals surface area (Å²) in [5.41, 5.74) is 0.913. The van der Waals surface area contributed by atoms with Crippen molar-refractivity contribution in [2.24, 2.45) is 11.0 Å². The van der Waals surface area contributed by atoms with Gasteiger partial charge >= 0.3 is 5.97 Å². The maximum Gasteiger partial charge on any atom is 0.357 e. The van der Waals surface area contributed by atoms with Crippen LogP contribution in [-0.2, 0) is 11.3 Å². The van der Waals surface area contributed by atoms with Crippen molar-refractivity contribution in [3.8, 4) is 0 Å². The summed E-state index contributed by atoms with van der Waals surface area (Å²) in [5, 5.41) is 20.2. The van der Waals surface area contributed by atoms with Crippen LogP contribution >= 0.6 is 0 Å². The number of allylic oxidation sites excluding steroid dienone is 1. The highest BCUT2D eigenvalue weighted by Gasteiger charge is 2.45. The van der Waals surface area contributed by atoms with Crippen molar-refractivity contribution in [2.75, 3.05) is 0 Å². The molecule has 4 heterocycles. The number of hydrazone groups is 1. The molecule has 1 N–H and O–H groups in total. The lowest BCUT2D eigenvalue weighted by Gasteiger charge is -2.27. The highest BCUT2D eigenvalue weighted by molar-refractivity contribution is 6.08. The number of benzene rings is 1. The van der Waals surface area contributed by atoms with E-state index in [9.17, 15) is 19.5 Å². The van der Waals surface area contributed by atoms with Crippen LogP contribution in [0.2, 0.25) is 0 Å². The molecule has 1 amide bonds. The van der Waals surface area contributed by atoms with Crippen LogP contribution in [0.25, 0.3) is 16.8 Å². The monoisotopic (exact) mass is 498 g/mol. The van der Waals surface area contributed by atoms with Crippen LogP contribution in [0.3, 0.4) is 0 Å². The van der Waals surface area contributed by atoms with Gasteiger partial charge in [-0.3, -0.25) is 9.59 Å². The SMILES string of the molecule is O=C(O)c1nn(CC(=O)N2N=C3C(=Cc4ccco4)CCCC3C2c2ccco2)c(=O)c2ccccc12. The summed E-state index contributed by atoms with van der Waals surface area (Å²) >= 11 is 0. The summed E-state index contributed by atoms with van der Waals surface area (Å²) in [6.45, 7) is -0.470. The van der Waals surface area contributed by atoms with E-state index in [1.54, 1.807) is 36.8 Å². The minimum Gasteiger partial charge on any atom is -0.476 e. The van der Waals surface area contributed by atoms with Crippen LogP contribution in [0.15, 0.2) is 85.4 Å². The minimum absolute atomic E-state index is 0.0964. The van der Waals surface area contributed by atoms with Gasteiger partial charge in [0, 0.05) is 11.3 Å². The number of carboxylic acids is 1. The first-order valence-corrected chi connectivity index (χ1v) is 11.9. The average Bonchev–Trinajstić information content (AvgIpc) is 3.67. The Morgan fingerprint density at radius 3 is 2.57 bits per heavy atom. The van der Waals surface area contributed by atoms with Gasteiger partial charge in [0.1, 0.15) is 24.1 Å². The van der Waals surface area contributed by atoms with Crippen molar-refractivity contribution >= 4 is 34.4 Å². The van der Waals surface area contributed by atoms with Gasteiger partial charge in [0.05, 0.1) is 23.6 Å². The van der Waals surface area contributed by atoms with Gasteiger partial charge in [-0.25, -0.2) is 14.5 Å². The van der Waals surface area contributed by atoms with E-state index in [2.05, 4.69) is 5.10 Å². The molecule has 1 saturated carbocycles. The fraction of sp³-hybridized carbons (Fsp3) is 0.222. The van der Waals surface area contributed by atoms with Crippen molar-refractivity contribution in [3.05, 3.63) is 94.2 Å². The Kier molecular flexibility index (Phi) is 5.56. The molecule has 2 atom stereocenters. The van der Waals surface area contributed by atoms with Crippen molar-refractivity contribution in [1.82, 2.24) is 14.8 Å². The number of carbonyl (C=O) groups is 2. The van der Waals surface area contributed by atoms with Gasteiger partial charge in [-0.05, 0) is 61.2 Å². The van der Waals surface area contributed by atoms with E-state index in [1.807, 2.05) is 18.2 Å². The Hall–Kier alpha value is -4.73. The molecule has 4 aromatic rings. The van der Waals surface area contributed by atoms with Gasteiger partial charge in [0.15, 0.2) is 5.69 Å². The Morgan fingerprint density at radius 2 is 1.84 bits per heavy atom. The summed E-state index contributed by atoms with van der Waals surface area (Å²) in [4.78, 5) is 38.6. The third-order valence-corrected chi connectivity index (χ3v) is 6.81. The number of hydrogen-bond donors (Lipinski definition) is 1. The maximum atomic E-state index is 13.6. The highest BCUT2D eigenvalue weighted by atomic mass is 16.4. The largest absolute Gasteiger partial charge is 0.476 e. The molecule has 10 heteroatoms. The molecule has 0 spiro atoms. The van der Waals surface area contributed by atoms with Gasteiger partial charge in [0.25, 0.3) is 11.5 Å². The normalized spacial score (nSPS) is 20.3. The van der Waals surface area contributed by atoms with E-state index in [0.717, 1.165) is 35.2 Å². The first-order valence-electron chi connectivity index (χ1n) is 11.9. The minimum atomic E-state index is -1.29. The van der Waals surface area contributed by atoms with Gasteiger partial charge in [0.2, 0.25) is 0 Å². The number of aromatic nitrogens is 2. The van der Waals surface area contributed by atoms with E-state index < -0.39 is 30.0 Å². The molecule has 0 radical (unpaired) electrons. The second kappa shape index (κ2) is 9.05. The van der Waals surface area contributed by atoms with Crippen LogP contribution in [0.1, 0.15) is 47.3 Å². The van der Waals surface area contributed by atoms with Crippen molar-refractivity contribution in [1.29, 1.82) is 0 Å². The molecule has 6 rings (SSSR count). The molecule has 10 nitrogen and oxygen atoms in total. The molecular formula is C27H22N4O6. The van der Waals surface area contributed by atoms with Crippen molar-refractivity contribution < 1.29 is 23.5 Å². The summed E-state index contributed by atoms with van der Waals surface area (Å²) in [5.74, 6) is -0.596. The number of carbonyl (C=O) groups excluding carboxylic acids is 1. The van der Waals surface area contributed by atoms with E-state index in [0.29, 0.717) is 11.5 Å². The lowest BCUT2D eigenvalue weighted by Crippen LogP contribution is -2.37. The Labute approximate surface area is 210 Å². The molecule has 37 heavy (non-hydrogen) atoms. The van der Waals surface area contributed by atoms with Crippen LogP contribution < -0.4 is 5.56 Å². The molecule has 1 aromatic carbocycles. The number of aromatic carboxylic acids is 1. The molecule has 186 valence electrons. The number of furan rings is 2. The third-order valence-electron chi connectivity index (χ3n) is 6.81.